The molecule has 32 heavy (non-hydrogen) atoms. The topological polar surface area (TPSA) is 82.4 Å². The third kappa shape index (κ3) is 3.66. The number of H-pyrrole nitrogens is 1. The molecule has 7 nitrogen and oxygen atoms in total. The number of nitrogens with zero attached hydrogens (tertiary/aromatic N) is 3. The van der Waals surface area contributed by atoms with E-state index >= 15 is 0 Å². The SMILES string of the molecule is CN(C)C(=O)c1cc2cc(C3=CCCN(C(=O)Cc4c[nH]c5ncccc45)C3)ccc2o1. The smallest absolute Gasteiger partial charge is 0.289 e. The zero-order valence-corrected chi connectivity index (χ0v) is 18.1. The van der Waals surface area contributed by atoms with Gasteiger partial charge in [-0.1, -0.05) is 12.1 Å². The van der Waals surface area contributed by atoms with Crippen LogP contribution in [0, 0.1) is 0 Å². The Kier molecular flexibility index (Phi) is 5.01. The highest BCUT2D eigenvalue weighted by Gasteiger charge is 2.21. The first-order chi connectivity index (χ1) is 15.5. The van der Waals surface area contributed by atoms with Crippen LogP contribution in [0.5, 0.6) is 0 Å². The minimum Gasteiger partial charge on any atom is -0.451 e. The van der Waals surface area contributed by atoms with Crippen molar-refractivity contribution < 1.29 is 14.0 Å². The minimum absolute atomic E-state index is 0.101. The van der Waals surface area contributed by atoms with Gasteiger partial charge in [-0.25, -0.2) is 4.98 Å². The Hall–Kier alpha value is -3.87. The normalized spacial score (nSPS) is 14.1. The molecule has 0 unspecified atom stereocenters. The van der Waals surface area contributed by atoms with Crippen LogP contribution in [-0.2, 0) is 11.2 Å². The molecule has 3 aromatic heterocycles. The Morgan fingerprint density at radius 3 is 2.94 bits per heavy atom. The molecule has 4 heterocycles. The highest BCUT2D eigenvalue weighted by molar-refractivity contribution is 5.96. The minimum atomic E-state index is -0.163. The third-order valence-corrected chi connectivity index (χ3v) is 5.89. The van der Waals surface area contributed by atoms with Crippen molar-refractivity contribution >= 4 is 39.4 Å². The number of nitrogens with one attached hydrogen (secondary N) is 1. The monoisotopic (exact) mass is 428 g/mol. The summed E-state index contributed by atoms with van der Waals surface area (Å²) in [4.78, 5) is 36.1. The number of benzene rings is 1. The maximum atomic E-state index is 13.0. The Morgan fingerprint density at radius 1 is 1.22 bits per heavy atom. The van der Waals surface area contributed by atoms with E-state index in [0.717, 1.165) is 39.5 Å². The second kappa shape index (κ2) is 8.00. The van der Waals surface area contributed by atoms with Crippen LogP contribution in [0.3, 0.4) is 0 Å². The van der Waals surface area contributed by atoms with E-state index in [1.54, 1.807) is 26.4 Å². The van der Waals surface area contributed by atoms with Crippen LogP contribution < -0.4 is 0 Å². The van der Waals surface area contributed by atoms with Gasteiger partial charge < -0.3 is 19.2 Å². The van der Waals surface area contributed by atoms with E-state index in [-0.39, 0.29) is 11.8 Å². The van der Waals surface area contributed by atoms with Crippen LogP contribution in [0.15, 0.2) is 59.3 Å². The second-order valence-corrected chi connectivity index (χ2v) is 8.29. The highest BCUT2D eigenvalue weighted by atomic mass is 16.3. The zero-order valence-electron chi connectivity index (χ0n) is 18.1. The quantitative estimate of drug-likeness (QED) is 0.535. The van der Waals surface area contributed by atoms with Crippen LogP contribution >= 0.6 is 0 Å². The predicted octanol–water partition coefficient (Wildman–Crippen LogP) is 3.87. The fourth-order valence-corrected chi connectivity index (χ4v) is 4.17. The summed E-state index contributed by atoms with van der Waals surface area (Å²) >= 11 is 0. The van der Waals surface area contributed by atoms with Gasteiger partial charge in [0.25, 0.3) is 5.91 Å². The lowest BCUT2D eigenvalue weighted by molar-refractivity contribution is -0.129. The van der Waals surface area contributed by atoms with Gasteiger partial charge in [-0.3, -0.25) is 9.59 Å². The second-order valence-electron chi connectivity index (χ2n) is 8.29. The van der Waals surface area contributed by atoms with Crippen molar-refractivity contribution in [1.29, 1.82) is 0 Å². The molecule has 1 aliphatic rings. The average molecular weight is 428 g/mol. The molecular weight excluding hydrogens is 404 g/mol. The molecule has 0 spiro atoms. The van der Waals surface area contributed by atoms with Crippen molar-refractivity contribution in [3.8, 4) is 0 Å². The molecule has 2 amide bonds. The number of amides is 2. The lowest BCUT2D eigenvalue weighted by Gasteiger charge is -2.27. The van der Waals surface area contributed by atoms with Gasteiger partial charge in [0.2, 0.25) is 5.91 Å². The number of hydrogen-bond donors (Lipinski definition) is 1. The predicted molar refractivity (Wildman–Crippen MR) is 123 cm³/mol. The maximum absolute atomic E-state index is 13.0. The van der Waals surface area contributed by atoms with Gasteiger partial charge in [-0.15, -0.1) is 0 Å². The van der Waals surface area contributed by atoms with E-state index in [0.29, 0.717) is 30.9 Å². The van der Waals surface area contributed by atoms with E-state index in [1.807, 2.05) is 41.4 Å². The zero-order chi connectivity index (χ0) is 22.2. The van der Waals surface area contributed by atoms with E-state index in [9.17, 15) is 9.59 Å². The van der Waals surface area contributed by atoms with Crippen LogP contribution in [0.1, 0.15) is 28.1 Å². The highest BCUT2D eigenvalue weighted by Crippen LogP contribution is 2.28. The molecule has 0 bridgehead atoms. The summed E-state index contributed by atoms with van der Waals surface area (Å²) in [5.41, 5.74) is 4.59. The van der Waals surface area contributed by atoms with E-state index in [2.05, 4.69) is 16.0 Å². The van der Waals surface area contributed by atoms with Gasteiger partial charge in [-0.2, -0.15) is 0 Å². The fourth-order valence-electron chi connectivity index (χ4n) is 4.17. The van der Waals surface area contributed by atoms with E-state index < -0.39 is 0 Å². The largest absolute Gasteiger partial charge is 0.451 e. The number of carbonyl (C=O) groups excluding carboxylic acids is 2. The van der Waals surface area contributed by atoms with Gasteiger partial charge in [0.15, 0.2) is 5.76 Å². The Bertz CT molecular complexity index is 1360. The fraction of sp³-hybridized carbons (Fsp3) is 0.240. The number of rotatable bonds is 4. The molecule has 1 aliphatic heterocycles. The van der Waals surface area contributed by atoms with Crippen LogP contribution in [-0.4, -0.2) is 58.8 Å². The number of carbonyl (C=O) groups is 2. The van der Waals surface area contributed by atoms with E-state index in [1.165, 1.54) is 4.90 Å². The molecule has 7 heteroatoms. The Labute approximate surface area is 185 Å². The van der Waals surface area contributed by atoms with Crippen LogP contribution in [0.2, 0.25) is 0 Å². The van der Waals surface area contributed by atoms with Crippen molar-refractivity contribution in [1.82, 2.24) is 19.8 Å². The number of furan rings is 1. The van der Waals surface area contributed by atoms with Gasteiger partial charge in [0, 0.05) is 50.4 Å². The molecule has 0 radical (unpaired) electrons. The molecule has 4 aromatic rings. The van der Waals surface area contributed by atoms with Crippen molar-refractivity contribution in [2.75, 3.05) is 27.2 Å². The van der Waals surface area contributed by atoms with Crippen LogP contribution in [0.25, 0.3) is 27.6 Å². The molecule has 162 valence electrons. The lowest BCUT2D eigenvalue weighted by atomic mass is 9.99. The van der Waals surface area contributed by atoms with Crippen molar-refractivity contribution in [2.45, 2.75) is 12.8 Å². The molecule has 1 aromatic carbocycles. The summed E-state index contributed by atoms with van der Waals surface area (Å²) in [7, 11) is 3.40. The summed E-state index contributed by atoms with van der Waals surface area (Å²) in [6, 6.07) is 11.5. The average Bonchev–Trinajstić information content (AvgIpc) is 3.42. The number of aromatic nitrogens is 2. The maximum Gasteiger partial charge on any atom is 0.289 e. The van der Waals surface area contributed by atoms with Gasteiger partial charge in [0.1, 0.15) is 11.2 Å². The molecule has 0 saturated heterocycles. The molecule has 0 saturated carbocycles. The van der Waals surface area contributed by atoms with Crippen molar-refractivity contribution in [3.63, 3.8) is 0 Å². The third-order valence-electron chi connectivity index (χ3n) is 5.89. The molecule has 5 rings (SSSR count). The summed E-state index contributed by atoms with van der Waals surface area (Å²) in [5.74, 6) is 0.261. The molecule has 1 N–H and O–H groups in total. The summed E-state index contributed by atoms with van der Waals surface area (Å²) in [5, 5.41) is 1.87. The van der Waals surface area contributed by atoms with Crippen molar-refractivity contribution in [3.05, 3.63) is 71.8 Å². The number of aromatic amines is 1. The standard InChI is InChI=1S/C25H24N4O3/c1-28(2)25(31)22-12-18-11-16(7-8-21(18)32-22)17-5-4-10-29(15-17)23(30)13-19-14-27-24-20(19)6-3-9-26-24/h3,5-9,11-12,14H,4,10,13,15H2,1-2H3,(H,26,27). The van der Waals surface area contributed by atoms with Gasteiger partial charge in [0.05, 0.1) is 6.42 Å². The van der Waals surface area contributed by atoms with Gasteiger partial charge >= 0.3 is 0 Å². The number of hydrogen-bond acceptors (Lipinski definition) is 4. The summed E-state index contributed by atoms with van der Waals surface area (Å²) in [6.45, 7) is 1.27. The number of fused-ring (bicyclic) bond motifs is 2. The van der Waals surface area contributed by atoms with Crippen LogP contribution in [0.4, 0.5) is 0 Å². The molecule has 0 atom stereocenters. The first-order valence-corrected chi connectivity index (χ1v) is 10.6. The Morgan fingerprint density at radius 2 is 2.09 bits per heavy atom. The van der Waals surface area contributed by atoms with Gasteiger partial charge in [-0.05, 0) is 53.5 Å². The number of pyridine rings is 1. The van der Waals surface area contributed by atoms with Crippen molar-refractivity contribution in [2.24, 2.45) is 0 Å². The first-order valence-electron chi connectivity index (χ1n) is 10.6. The Balaban J connectivity index is 1.34. The first kappa shape index (κ1) is 20.1. The molecule has 0 aliphatic carbocycles. The lowest BCUT2D eigenvalue weighted by Crippen LogP contribution is -2.36. The molecule has 0 fully saturated rings. The van der Waals surface area contributed by atoms with E-state index in [4.69, 9.17) is 4.42 Å². The summed E-state index contributed by atoms with van der Waals surface area (Å²) < 4.78 is 5.70. The molecular formula is C25H24N4O3. The summed E-state index contributed by atoms with van der Waals surface area (Å²) in [6.07, 6.45) is 6.95.